The van der Waals surface area contributed by atoms with Crippen molar-refractivity contribution in [3.8, 4) is 0 Å². The van der Waals surface area contributed by atoms with Crippen molar-refractivity contribution in [2.75, 3.05) is 0 Å². The molecule has 1 aliphatic carbocycles. The minimum atomic E-state index is -0.0689. The number of aliphatic hydroxyl groups is 1. The first-order valence-corrected chi connectivity index (χ1v) is 4.56. The van der Waals surface area contributed by atoms with Crippen LogP contribution >= 0.6 is 0 Å². The molecule has 2 unspecified atom stereocenters. The Labute approximate surface area is 109 Å². The van der Waals surface area contributed by atoms with E-state index in [1.807, 2.05) is 19.9 Å². The second-order valence-corrected chi connectivity index (χ2v) is 3.74. The van der Waals surface area contributed by atoms with Crippen molar-refractivity contribution in [1.29, 1.82) is 0 Å². The zero-order chi connectivity index (χ0) is 9.84. The zero-order valence-corrected chi connectivity index (χ0v) is 12.7. The van der Waals surface area contributed by atoms with Crippen LogP contribution in [0.3, 0.4) is 0 Å². The maximum absolute atomic E-state index is 9.10. The molecule has 0 aromatic carbocycles. The van der Waals surface area contributed by atoms with Crippen molar-refractivity contribution in [3.63, 3.8) is 0 Å². The average molecular weight is 420 g/mol. The fraction of sp³-hybridized carbons (Fsp3) is 0.600. The van der Waals surface area contributed by atoms with Gasteiger partial charge in [0.2, 0.25) is 0 Å². The molecule has 1 rings (SSSR count). The summed E-state index contributed by atoms with van der Waals surface area (Å²) in [6.07, 6.45) is 6.06. The number of allylic oxidation sites excluding steroid dienone is 2. The average Bonchev–Trinajstić information content (AvgIpc) is 2.09. The summed E-state index contributed by atoms with van der Waals surface area (Å²) >= 11 is 0. The first kappa shape index (κ1) is 14.3. The van der Waals surface area contributed by atoms with E-state index < -0.39 is 0 Å². The van der Waals surface area contributed by atoms with Gasteiger partial charge in [-0.1, -0.05) is 25.8 Å². The summed E-state index contributed by atoms with van der Waals surface area (Å²) in [4.78, 5) is 0. The normalized spacial score (nSPS) is 22.9. The SMILES string of the molecule is CC(C)C([N-]O)C1C=CC(O)=CC1.[U]. The molecular formula is C10H16NO2U-. The number of rotatable bonds is 3. The first-order valence-electron chi connectivity index (χ1n) is 4.56. The number of hydroxylamine groups is 1. The molecule has 0 aromatic rings. The molecule has 1 aliphatic rings. The van der Waals surface area contributed by atoms with Crippen LogP contribution < -0.4 is 0 Å². The Morgan fingerprint density at radius 1 is 1.50 bits per heavy atom. The van der Waals surface area contributed by atoms with E-state index in [2.05, 4.69) is 5.48 Å². The molecule has 0 amide bonds. The Hall–Kier alpha value is 0.252. The minimum absolute atomic E-state index is 0. The van der Waals surface area contributed by atoms with Gasteiger partial charge in [0.1, 0.15) is 5.76 Å². The van der Waals surface area contributed by atoms with Crippen molar-refractivity contribution in [3.05, 3.63) is 29.5 Å². The number of nitrogens with zero attached hydrogens (tertiary/aromatic N) is 1. The summed E-state index contributed by atoms with van der Waals surface area (Å²) in [7, 11) is 0. The monoisotopic (exact) mass is 420 g/mol. The molecule has 0 saturated heterocycles. The Morgan fingerprint density at radius 2 is 2.14 bits per heavy atom. The Balaban J connectivity index is 0.00000169. The number of hydrogen-bond donors (Lipinski definition) is 2. The topological polar surface area (TPSA) is 54.6 Å². The zero-order valence-electron chi connectivity index (χ0n) is 8.51. The third-order valence-corrected chi connectivity index (χ3v) is 2.37. The summed E-state index contributed by atoms with van der Waals surface area (Å²) in [5.74, 6) is 0.825. The molecule has 0 radical (unpaired) electrons. The second kappa shape index (κ2) is 6.68. The molecule has 0 aliphatic heterocycles. The Kier molecular flexibility index (Phi) is 6.80. The molecule has 2 atom stereocenters. The van der Waals surface area contributed by atoms with E-state index in [-0.39, 0.29) is 43.1 Å². The van der Waals surface area contributed by atoms with Gasteiger partial charge in [-0.25, -0.2) is 0 Å². The van der Waals surface area contributed by atoms with Crippen LogP contribution in [0.5, 0.6) is 0 Å². The molecule has 78 valence electrons. The summed E-state index contributed by atoms with van der Waals surface area (Å²) in [5, 5.41) is 17.9. The summed E-state index contributed by atoms with van der Waals surface area (Å²) < 4.78 is 0. The van der Waals surface area contributed by atoms with Crippen molar-refractivity contribution in [2.24, 2.45) is 11.8 Å². The molecule has 2 N–H and O–H groups in total. The Morgan fingerprint density at radius 3 is 2.50 bits per heavy atom. The van der Waals surface area contributed by atoms with Gasteiger partial charge in [0.25, 0.3) is 0 Å². The quantitative estimate of drug-likeness (QED) is 0.691. The smallest absolute Gasteiger partial charge is 0.111 e. The fourth-order valence-corrected chi connectivity index (χ4v) is 1.59. The molecule has 0 fully saturated rings. The van der Waals surface area contributed by atoms with Gasteiger partial charge in [0.15, 0.2) is 0 Å². The molecule has 0 aromatic heterocycles. The van der Waals surface area contributed by atoms with Gasteiger partial charge in [0.05, 0.1) is 0 Å². The van der Waals surface area contributed by atoms with E-state index in [1.165, 1.54) is 0 Å². The standard InChI is InChI=1S/C10H16NO2.U/c1-7(2)10(11-13)8-3-5-9(12)6-4-8;/h3,5-8,10,12-13H,4H2,1-2H3;/q-1;. The predicted molar refractivity (Wildman–Crippen MR) is 51.7 cm³/mol. The number of hydrogen-bond acceptors (Lipinski definition) is 2. The van der Waals surface area contributed by atoms with Gasteiger partial charge in [-0.05, 0) is 24.5 Å². The van der Waals surface area contributed by atoms with Gasteiger partial charge in [-0.15, -0.1) is 6.04 Å². The van der Waals surface area contributed by atoms with Crippen molar-refractivity contribution in [2.45, 2.75) is 26.3 Å². The summed E-state index contributed by atoms with van der Waals surface area (Å²) in [5.41, 5.74) is 3.37. The maximum Gasteiger partial charge on any atom is 0.111 e. The van der Waals surface area contributed by atoms with Gasteiger partial charge in [0, 0.05) is 31.1 Å². The first-order chi connectivity index (χ1) is 6.15. The third kappa shape index (κ3) is 3.78. The summed E-state index contributed by atoms with van der Waals surface area (Å²) in [6, 6.07) is -0.0689. The molecule has 0 heterocycles. The molecule has 0 spiro atoms. The predicted octanol–water partition coefficient (Wildman–Crippen LogP) is 2.79. The van der Waals surface area contributed by atoms with Gasteiger partial charge in [-0.2, -0.15) is 0 Å². The van der Waals surface area contributed by atoms with E-state index in [4.69, 9.17) is 10.3 Å². The third-order valence-electron chi connectivity index (χ3n) is 2.37. The number of aliphatic hydroxyl groups excluding tert-OH is 1. The van der Waals surface area contributed by atoms with Crippen LogP contribution in [-0.2, 0) is 0 Å². The van der Waals surface area contributed by atoms with Crippen LogP contribution in [0.1, 0.15) is 20.3 Å². The van der Waals surface area contributed by atoms with Crippen LogP contribution in [0, 0.1) is 42.9 Å². The van der Waals surface area contributed by atoms with Crippen LogP contribution in [0.25, 0.3) is 5.48 Å². The van der Waals surface area contributed by atoms with Crippen LogP contribution in [-0.4, -0.2) is 16.4 Å². The fourth-order valence-electron chi connectivity index (χ4n) is 1.59. The summed E-state index contributed by atoms with van der Waals surface area (Å²) in [6.45, 7) is 4.05. The van der Waals surface area contributed by atoms with Crippen LogP contribution in [0.4, 0.5) is 0 Å². The van der Waals surface area contributed by atoms with Crippen molar-refractivity contribution < 1.29 is 41.4 Å². The van der Waals surface area contributed by atoms with Crippen molar-refractivity contribution >= 4 is 0 Å². The van der Waals surface area contributed by atoms with E-state index in [1.54, 1.807) is 12.2 Å². The molecule has 0 bridgehead atoms. The van der Waals surface area contributed by atoms with E-state index in [0.29, 0.717) is 11.7 Å². The second-order valence-electron chi connectivity index (χ2n) is 3.74. The van der Waals surface area contributed by atoms with E-state index >= 15 is 0 Å². The van der Waals surface area contributed by atoms with Crippen LogP contribution in [0.15, 0.2) is 24.0 Å². The Bertz CT molecular complexity index is 226. The maximum atomic E-state index is 9.10. The van der Waals surface area contributed by atoms with E-state index in [0.717, 1.165) is 6.42 Å². The molecule has 0 saturated carbocycles. The minimum Gasteiger partial charge on any atom is -0.534 e. The van der Waals surface area contributed by atoms with Gasteiger partial charge < -0.3 is 15.8 Å². The molecule has 14 heavy (non-hydrogen) atoms. The van der Waals surface area contributed by atoms with Crippen LogP contribution in [0.2, 0.25) is 0 Å². The molecule has 4 heteroatoms. The molecular weight excluding hydrogens is 404 g/mol. The van der Waals surface area contributed by atoms with E-state index in [9.17, 15) is 0 Å². The van der Waals surface area contributed by atoms with Gasteiger partial charge in [-0.3, -0.25) is 0 Å². The van der Waals surface area contributed by atoms with Gasteiger partial charge >= 0.3 is 0 Å². The van der Waals surface area contributed by atoms with Crippen molar-refractivity contribution in [1.82, 2.24) is 0 Å². The molecule has 3 nitrogen and oxygen atoms in total. The largest absolute Gasteiger partial charge is 0.534 e.